The van der Waals surface area contributed by atoms with Crippen molar-refractivity contribution in [2.45, 2.75) is 43.7 Å². The van der Waals surface area contributed by atoms with Crippen molar-refractivity contribution in [3.8, 4) is 0 Å². The number of carbonyl (C=O) groups excluding carboxylic acids is 1. The van der Waals surface area contributed by atoms with Gasteiger partial charge in [-0.3, -0.25) is 9.78 Å². The maximum Gasteiger partial charge on any atom is 0.271 e. The summed E-state index contributed by atoms with van der Waals surface area (Å²) in [4.78, 5) is 19.9. The number of rotatable bonds is 2. The molecule has 5 nitrogen and oxygen atoms in total. The first kappa shape index (κ1) is 11.6. The van der Waals surface area contributed by atoms with Crippen molar-refractivity contribution < 1.29 is 4.79 Å². The highest BCUT2D eigenvalue weighted by Gasteiger charge is 2.41. The molecule has 1 aliphatic carbocycles. The predicted molar refractivity (Wildman–Crippen MR) is 67.1 cm³/mol. The summed E-state index contributed by atoms with van der Waals surface area (Å²) in [6.07, 6.45) is 10.4. The zero-order chi connectivity index (χ0) is 12.4. The van der Waals surface area contributed by atoms with Crippen LogP contribution in [0, 0.1) is 0 Å². The number of piperidine rings is 1. The molecule has 0 aromatic carbocycles. The van der Waals surface area contributed by atoms with Gasteiger partial charge >= 0.3 is 0 Å². The Morgan fingerprint density at radius 2 is 2.33 bits per heavy atom. The number of nitrogens with zero attached hydrogens (tertiary/aromatic N) is 2. The lowest BCUT2D eigenvalue weighted by Gasteiger charge is -2.48. The molecule has 1 saturated heterocycles. The van der Waals surface area contributed by atoms with E-state index in [0.717, 1.165) is 19.4 Å². The quantitative estimate of drug-likeness (QED) is 0.813. The first-order valence-corrected chi connectivity index (χ1v) is 6.59. The Hall–Kier alpha value is -1.49. The van der Waals surface area contributed by atoms with Gasteiger partial charge in [0.15, 0.2) is 0 Å². The molecule has 2 fully saturated rings. The average molecular weight is 246 g/mol. The van der Waals surface area contributed by atoms with E-state index in [1.807, 2.05) is 0 Å². The van der Waals surface area contributed by atoms with Gasteiger partial charge in [-0.15, -0.1) is 0 Å². The highest BCUT2D eigenvalue weighted by Crippen LogP contribution is 2.38. The largest absolute Gasteiger partial charge is 0.348 e. The van der Waals surface area contributed by atoms with E-state index >= 15 is 0 Å². The summed E-state index contributed by atoms with van der Waals surface area (Å²) in [5, 5.41) is 6.67. The van der Waals surface area contributed by atoms with Crippen molar-refractivity contribution >= 4 is 5.91 Å². The van der Waals surface area contributed by atoms with E-state index in [-0.39, 0.29) is 11.9 Å². The molecule has 1 saturated carbocycles. The van der Waals surface area contributed by atoms with E-state index in [2.05, 4.69) is 20.6 Å². The standard InChI is InChI=1S/C13H18N4O/c18-12(11-9-14-6-7-15-11)17-10-2-5-16-13(8-10)3-1-4-13/h6-7,9-10,16H,1-5,8H2,(H,17,18). The van der Waals surface area contributed by atoms with Crippen LogP contribution < -0.4 is 10.6 Å². The summed E-state index contributed by atoms with van der Waals surface area (Å²) < 4.78 is 0. The summed E-state index contributed by atoms with van der Waals surface area (Å²) in [6.45, 7) is 0.991. The van der Waals surface area contributed by atoms with Gasteiger partial charge in [-0.2, -0.15) is 0 Å². The molecular weight excluding hydrogens is 228 g/mol. The summed E-state index contributed by atoms with van der Waals surface area (Å²) in [6, 6.07) is 0.265. The average Bonchev–Trinajstić information content (AvgIpc) is 2.38. The van der Waals surface area contributed by atoms with Crippen molar-refractivity contribution in [3.63, 3.8) is 0 Å². The fourth-order valence-electron chi connectivity index (χ4n) is 2.94. The van der Waals surface area contributed by atoms with Crippen LogP contribution in [-0.2, 0) is 0 Å². The van der Waals surface area contributed by atoms with Gasteiger partial charge < -0.3 is 10.6 Å². The summed E-state index contributed by atoms with van der Waals surface area (Å²) >= 11 is 0. The lowest BCUT2D eigenvalue weighted by Crippen LogP contribution is -2.59. The molecule has 1 aliphatic heterocycles. The van der Waals surface area contributed by atoms with Gasteiger partial charge in [-0.1, -0.05) is 0 Å². The molecule has 1 aromatic heterocycles. The van der Waals surface area contributed by atoms with E-state index in [1.165, 1.54) is 25.5 Å². The minimum absolute atomic E-state index is 0.107. The molecule has 0 bridgehead atoms. The molecule has 18 heavy (non-hydrogen) atoms. The van der Waals surface area contributed by atoms with Crippen molar-refractivity contribution in [2.24, 2.45) is 0 Å². The van der Waals surface area contributed by atoms with Gasteiger partial charge in [0.25, 0.3) is 5.91 Å². The second kappa shape index (κ2) is 4.65. The lowest BCUT2D eigenvalue weighted by molar-refractivity contribution is 0.0848. The highest BCUT2D eigenvalue weighted by molar-refractivity contribution is 5.92. The maximum atomic E-state index is 12.0. The van der Waals surface area contributed by atoms with Crippen LogP contribution in [0.3, 0.4) is 0 Å². The third kappa shape index (κ3) is 2.22. The van der Waals surface area contributed by atoms with Gasteiger partial charge in [0.1, 0.15) is 5.69 Å². The first-order valence-electron chi connectivity index (χ1n) is 6.59. The minimum Gasteiger partial charge on any atom is -0.348 e. The number of amides is 1. The second-order valence-electron chi connectivity index (χ2n) is 5.31. The summed E-state index contributed by atoms with van der Waals surface area (Å²) in [5.74, 6) is -0.107. The molecule has 1 amide bonds. The first-order chi connectivity index (χ1) is 8.77. The zero-order valence-electron chi connectivity index (χ0n) is 10.4. The Labute approximate surface area is 106 Å². The van der Waals surface area contributed by atoms with Crippen LogP contribution in [0.2, 0.25) is 0 Å². The molecule has 2 N–H and O–H groups in total. The van der Waals surface area contributed by atoms with Gasteiger partial charge in [0.2, 0.25) is 0 Å². The molecule has 0 radical (unpaired) electrons. The number of aromatic nitrogens is 2. The number of carbonyl (C=O) groups is 1. The molecule has 3 rings (SSSR count). The fourth-order valence-corrected chi connectivity index (χ4v) is 2.94. The van der Waals surface area contributed by atoms with Gasteiger partial charge in [0.05, 0.1) is 6.20 Å². The molecule has 1 atom stereocenters. The Bertz CT molecular complexity index is 430. The van der Waals surface area contributed by atoms with Gasteiger partial charge in [0, 0.05) is 24.0 Å². The molecule has 1 aromatic rings. The van der Waals surface area contributed by atoms with Crippen LogP contribution in [-0.4, -0.2) is 34.0 Å². The third-order valence-corrected chi connectivity index (χ3v) is 4.07. The SMILES string of the molecule is O=C(NC1CCNC2(CCC2)C1)c1cnccn1. The van der Waals surface area contributed by atoms with E-state index in [4.69, 9.17) is 0 Å². The van der Waals surface area contributed by atoms with Crippen molar-refractivity contribution in [3.05, 3.63) is 24.3 Å². The number of hydrogen-bond donors (Lipinski definition) is 2. The van der Waals surface area contributed by atoms with Crippen LogP contribution in [0.1, 0.15) is 42.6 Å². The number of hydrogen-bond acceptors (Lipinski definition) is 4. The van der Waals surface area contributed by atoms with Gasteiger partial charge in [-0.05, 0) is 38.6 Å². The fraction of sp³-hybridized carbons (Fsp3) is 0.615. The lowest BCUT2D eigenvalue weighted by atomic mass is 9.70. The molecule has 2 aliphatic rings. The van der Waals surface area contributed by atoms with Crippen LogP contribution in [0.5, 0.6) is 0 Å². The molecular formula is C13H18N4O. The summed E-state index contributed by atoms with van der Waals surface area (Å²) in [5.41, 5.74) is 0.706. The molecule has 1 spiro atoms. The van der Waals surface area contributed by atoms with Crippen LogP contribution >= 0.6 is 0 Å². The second-order valence-corrected chi connectivity index (χ2v) is 5.31. The van der Waals surface area contributed by atoms with Crippen LogP contribution in [0.4, 0.5) is 0 Å². The van der Waals surface area contributed by atoms with Crippen LogP contribution in [0.25, 0.3) is 0 Å². The molecule has 5 heteroatoms. The van der Waals surface area contributed by atoms with E-state index in [1.54, 1.807) is 12.4 Å². The normalized spacial score (nSPS) is 25.4. The Morgan fingerprint density at radius 1 is 1.44 bits per heavy atom. The summed E-state index contributed by atoms with van der Waals surface area (Å²) in [7, 11) is 0. The van der Waals surface area contributed by atoms with Crippen molar-refractivity contribution in [1.29, 1.82) is 0 Å². The maximum absolute atomic E-state index is 12.0. The third-order valence-electron chi connectivity index (χ3n) is 4.07. The highest BCUT2D eigenvalue weighted by atomic mass is 16.1. The van der Waals surface area contributed by atoms with E-state index in [9.17, 15) is 4.79 Å². The monoisotopic (exact) mass is 246 g/mol. The van der Waals surface area contributed by atoms with Crippen molar-refractivity contribution in [1.82, 2.24) is 20.6 Å². The molecule has 1 unspecified atom stereocenters. The minimum atomic E-state index is -0.107. The predicted octanol–water partition coefficient (Wildman–Crippen LogP) is 0.881. The number of nitrogens with one attached hydrogen (secondary N) is 2. The van der Waals surface area contributed by atoms with E-state index < -0.39 is 0 Å². The zero-order valence-corrected chi connectivity index (χ0v) is 10.4. The Kier molecular flexibility index (Phi) is 2.99. The Balaban J connectivity index is 1.61. The Morgan fingerprint density at radius 3 is 3.00 bits per heavy atom. The topological polar surface area (TPSA) is 66.9 Å². The molecule has 2 heterocycles. The van der Waals surface area contributed by atoms with Crippen LogP contribution in [0.15, 0.2) is 18.6 Å². The van der Waals surface area contributed by atoms with Gasteiger partial charge in [-0.25, -0.2) is 4.98 Å². The molecule has 96 valence electrons. The van der Waals surface area contributed by atoms with Crippen molar-refractivity contribution in [2.75, 3.05) is 6.54 Å². The smallest absolute Gasteiger partial charge is 0.271 e. The van der Waals surface area contributed by atoms with E-state index in [0.29, 0.717) is 11.2 Å².